The highest BCUT2D eigenvalue weighted by Crippen LogP contribution is 2.21. The Kier molecular flexibility index (Phi) is 2.75. The average Bonchev–Trinajstić information content (AvgIpc) is 2.30. The van der Waals surface area contributed by atoms with Crippen molar-refractivity contribution in [1.82, 2.24) is 10.3 Å². The molecule has 76 valence electrons. The van der Waals surface area contributed by atoms with Crippen molar-refractivity contribution in [2.45, 2.75) is 6.42 Å². The quantitative estimate of drug-likeness (QED) is 0.751. The topological polar surface area (TPSA) is 48.7 Å². The van der Waals surface area contributed by atoms with Gasteiger partial charge in [0.25, 0.3) is 0 Å². The minimum atomic E-state index is -0.366. The highest BCUT2D eigenvalue weighted by Gasteiger charge is 2.11. The zero-order valence-corrected chi connectivity index (χ0v) is 8.13. The number of aromatic nitrogens is 1. The van der Waals surface area contributed by atoms with Crippen molar-refractivity contribution in [3.05, 3.63) is 35.4 Å². The largest absolute Gasteiger partial charge is 0.313 e. The van der Waals surface area contributed by atoms with E-state index in [4.69, 9.17) is 5.26 Å². The fourth-order valence-corrected chi connectivity index (χ4v) is 1.60. The molecule has 1 aliphatic rings. The summed E-state index contributed by atoms with van der Waals surface area (Å²) in [5.41, 5.74) is 1.59. The Balaban J connectivity index is 2.37. The molecule has 15 heavy (non-hydrogen) atoms. The van der Waals surface area contributed by atoms with E-state index in [1.54, 1.807) is 0 Å². The van der Waals surface area contributed by atoms with Crippen LogP contribution in [0.4, 0.5) is 4.39 Å². The lowest BCUT2D eigenvalue weighted by molar-refractivity contribution is 0.617. The zero-order chi connectivity index (χ0) is 10.7. The molecule has 0 fully saturated rings. The lowest BCUT2D eigenvalue weighted by Gasteiger charge is -2.14. The first-order valence-electron chi connectivity index (χ1n) is 4.77. The van der Waals surface area contributed by atoms with E-state index < -0.39 is 0 Å². The molecule has 0 spiro atoms. The molecule has 0 aliphatic carbocycles. The SMILES string of the molecule is N#Cc1cc(F)c(C2=CCNCC2)cn1. The predicted molar refractivity (Wildman–Crippen MR) is 54.4 cm³/mol. The molecule has 0 radical (unpaired) electrons. The molecule has 0 amide bonds. The van der Waals surface area contributed by atoms with Crippen LogP contribution in [0.25, 0.3) is 5.57 Å². The van der Waals surface area contributed by atoms with Crippen LogP contribution in [0, 0.1) is 17.1 Å². The molecule has 0 atom stereocenters. The maximum atomic E-state index is 13.6. The van der Waals surface area contributed by atoms with Crippen LogP contribution in [-0.4, -0.2) is 18.1 Å². The van der Waals surface area contributed by atoms with Crippen LogP contribution in [-0.2, 0) is 0 Å². The van der Waals surface area contributed by atoms with Crippen LogP contribution < -0.4 is 5.32 Å². The summed E-state index contributed by atoms with van der Waals surface area (Å²) in [5, 5.41) is 11.7. The lowest BCUT2D eigenvalue weighted by atomic mass is 10.0. The van der Waals surface area contributed by atoms with Gasteiger partial charge in [0.05, 0.1) is 0 Å². The van der Waals surface area contributed by atoms with E-state index in [9.17, 15) is 4.39 Å². The molecular weight excluding hydrogens is 193 g/mol. The van der Waals surface area contributed by atoms with Crippen molar-refractivity contribution in [2.24, 2.45) is 0 Å². The first-order valence-corrected chi connectivity index (χ1v) is 4.77. The van der Waals surface area contributed by atoms with Gasteiger partial charge in [-0.1, -0.05) is 6.08 Å². The van der Waals surface area contributed by atoms with Crippen LogP contribution in [0.3, 0.4) is 0 Å². The highest BCUT2D eigenvalue weighted by atomic mass is 19.1. The van der Waals surface area contributed by atoms with Gasteiger partial charge in [-0.25, -0.2) is 9.37 Å². The Morgan fingerprint density at radius 1 is 1.53 bits per heavy atom. The van der Waals surface area contributed by atoms with Crippen LogP contribution in [0.5, 0.6) is 0 Å². The fraction of sp³-hybridized carbons (Fsp3) is 0.273. The molecule has 1 aromatic heterocycles. The molecule has 1 N–H and O–H groups in total. The van der Waals surface area contributed by atoms with Crippen molar-refractivity contribution in [2.75, 3.05) is 13.1 Å². The minimum Gasteiger partial charge on any atom is -0.313 e. The number of nitriles is 1. The van der Waals surface area contributed by atoms with Gasteiger partial charge in [-0.15, -0.1) is 0 Å². The predicted octanol–water partition coefficient (Wildman–Crippen LogP) is 1.47. The number of hydrogen-bond donors (Lipinski definition) is 1. The maximum Gasteiger partial charge on any atom is 0.143 e. The molecule has 0 aromatic carbocycles. The van der Waals surface area contributed by atoms with E-state index in [1.165, 1.54) is 12.3 Å². The molecule has 0 saturated heterocycles. The first kappa shape index (κ1) is 9.81. The Hall–Kier alpha value is -1.73. The second kappa shape index (κ2) is 4.20. The number of nitrogens with one attached hydrogen (secondary N) is 1. The minimum absolute atomic E-state index is 0.116. The number of hydrogen-bond acceptors (Lipinski definition) is 3. The fourth-order valence-electron chi connectivity index (χ4n) is 1.60. The van der Waals surface area contributed by atoms with Gasteiger partial charge in [-0.05, 0) is 18.5 Å². The third-order valence-electron chi connectivity index (χ3n) is 2.38. The second-order valence-corrected chi connectivity index (χ2v) is 3.34. The van der Waals surface area contributed by atoms with Crippen LogP contribution in [0.15, 0.2) is 18.3 Å². The summed E-state index contributed by atoms with van der Waals surface area (Å²) >= 11 is 0. The van der Waals surface area contributed by atoms with Crippen molar-refractivity contribution in [3.8, 4) is 6.07 Å². The van der Waals surface area contributed by atoms with Crippen LogP contribution in [0.2, 0.25) is 0 Å². The zero-order valence-electron chi connectivity index (χ0n) is 8.13. The Morgan fingerprint density at radius 2 is 2.40 bits per heavy atom. The molecule has 2 heterocycles. The van der Waals surface area contributed by atoms with Gasteiger partial charge < -0.3 is 5.32 Å². The Morgan fingerprint density at radius 3 is 3.00 bits per heavy atom. The summed E-state index contributed by atoms with van der Waals surface area (Å²) in [7, 11) is 0. The number of pyridine rings is 1. The molecule has 0 bridgehead atoms. The molecule has 1 aromatic rings. The summed E-state index contributed by atoms with van der Waals surface area (Å²) in [6.07, 6.45) is 4.19. The van der Waals surface area contributed by atoms with E-state index in [2.05, 4.69) is 10.3 Å². The van der Waals surface area contributed by atoms with Gasteiger partial charge in [0.1, 0.15) is 17.6 Å². The molecule has 4 heteroatoms. The van der Waals surface area contributed by atoms with E-state index >= 15 is 0 Å². The molecule has 3 nitrogen and oxygen atoms in total. The van der Waals surface area contributed by atoms with Gasteiger partial charge in [0.2, 0.25) is 0 Å². The number of nitrogens with zero attached hydrogens (tertiary/aromatic N) is 2. The Labute approximate surface area is 87.3 Å². The monoisotopic (exact) mass is 203 g/mol. The van der Waals surface area contributed by atoms with E-state index in [-0.39, 0.29) is 11.5 Å². The van der Waals surface area contributed by atoms with Crippen molar-refractivity contribution < 1.29 is 4.39 Å². The maximum absolute atomic E-state index is 13.6. The van der Waals surface area contributed by atoms with Gasteiger partial charge in [0.15, 0.2) is 0 Å². The van der Waals surface area contributed by atoms with E-state index in [0.717, 1.165) is 25.1 Å². The van der Waals surface area contributed by atoms with E-state index in [0.29, 0.717) is 5.56 Å². The van der Waals surface area contributed by atoms with Crippen molar-refractivity contribution in [1.29, 1.82) is 5.26 Å². The van der Waals surface area contributed by atoms with Crippen LogP contribution >= 0.6 is 0 Å². The molecule has 1 aliphatic heterocycles. The summed E-state index contributed by atoms with van der Waals surface area (Å²) in [6, 6.07) is 2.99. The lowest BCUT2D eigenvalue weighted by Crippen LogP contribution is -2.20. The first-order chi connectivity index (χ1) is 7.31. The Bertz CT molecular complexity index is 446. The van der Waals surface area contributed by atoms with Crippen LogP contribution in [0.1, 0.15) is 17.7 Å². The summed E-state index contributed by atoms with van der Waals surface area (Å²) in [5.74, 6) is -0.366. The second-order valence-electron chi connectivity index (χ2n) is 3.34. The van der Waals surface area contributed by atoms with Crippen molar-refractivity contribution >= 4 is 5.57 Å². The molecular formula is C11H10FN3. The molecule has 0 saturated carbocycles. The third-order valence-corrected chi connectivity index (χ3v) is 2.38. The molecule has 2 rings (SSSR count). The van der Waals surface area contributed by atoms with E-state index in [1.807, 2.05) is 12.1 Å². The summed E-state index contributed by atoms with van der Waals surface area (Å²) in [6.45, 7) is 1.61. The van der Waals surface area contributed by atoms with Gasteiger partial charge in [-0.2, -0.15) is 5.26 Å². The third kappa shape index (κ3) is 2.03. The average molecular weight is 203 g/mol. The van der Waals surface area contributed by atoms with Gasteiger partial charge in [-0.3, -0.25) is 0 Å². The highest BCUT2D eigenvalue weighted by molar-refractivity contribution is 5.66. The van der Waals surface area contributed by atoms with Gasteiger partial charge >= 0.3 is 0 Å². The standard InChI is InChI=1S/C11H10FN3/c12-11-5-9(6-13)15-7-10(11)8-1-3-14-4-2-8/h1,5,7,14H,2-4H2. The molecule has 0 unspecified atom stereocenters. The van der Waals surface area contributed by atoms with Crippen molar-refractivity contribution in [3.63, 3.8) is 0 Å². The number of rotatable bonds is 1. The summed E-state index contributed by atoms with van der Waals surface area (Å²) < 4.78 is 13.6. The summed E-state index contributed by atoms with van der Waals surface area (Å²) in [4.78, 5) is 3.87. The number of halogens is 1. The smallest absolute Gasteiger partial charge is 0.143 e. The van der Waals surface area contributed by atoms with Gasteiger partial charge in [0, 0.05) is 24.4 Å². The normalized spacial score (nSPS) is 15.6.